The van der Waals surface area contributed by atoms with Crippen molar-refractivity contribution in [3.05, 3.63) is 12.0 Å². The van der Waals surface area contributed by atoms with Gasteiger partial charge in [-0.15, -0.1) is 5.76 Å². The van der Waals surface area contributed by atoms with Crippen LogP contribution in [0.3, 0.4) is 0 Å². The Kier molecular flexibility index (Phi) is 33.8. The summed E-state index contributed by atoms with van der Waals surface area (Å²) in [6, 6.07) is 0. The second-order valence-electron chi connectivity index (χ2n) is 5.96. The van der Waals surface area contributed by atoms with Gasteiger partial charge in [0.05, 0.1) is 6.42 Å². The first-order valence-corrected chi connectivity index (χ1v) is 8.70. The van der Waals surface area contributed by atoms with Gasteiger partial charge in [-0.1, -0.05) is 19.8 Å². The van der Waals surface area contributed by atoms with E-state index in [1.54, 1.807) is 9.80 Å². The maximum Gasteiger partial charge on any atom is 1.00 e. The van der Waals surface area contributed by atoms with Crippen molar-refractivity contribution in [3.63, 3.8) is 0 Å². The van der Waals surface area contributed by atoms with Crippen molar-refractivity contribution in [2.45, 2.75) is 45.4 Å². The molecule has 0 atom stereocenters. The number of hydrogen-bond acceptors (Lipinski definition) is 8. The van der Waals surface area contributed by atoms with Crippen molar-refractivity contribution in [3.8, 4) is 0 Å². The van der Waals surface area contributed by atoms with Crippen molar-refractivity contribution in [2.24, 2.45) is 0 Å². The molecular formula is C17H27K3N2O7. The zero-order chi connectivity index (χ0) is 19.9. The van der Waals surface area contributed by atoms with Crippen molar-refractivity contribution in [1.82, 2.24) is 9.80 Å². The van der Waals surface area contributed by atoms with Gasteiger partial charge in [0.25, 0.3) is 0 Å². The first-order valence-electron chi connectivity index (χ1n) is 8.70. The van der Waals surface area contributed by atoms with Crippen LogP contribution in [0.15, 0.2) is 12.0 Å². The van der Waals surface area contributed by atoms with Gasteiger partial charge in [-0.05, 0) is 25.5 Å². The number of allylic oxidation sites excluding steroid dienone is 1. The van der Waals surface area contributed by atoms with Crippen molar-refractivity contribution in [1.29, 1.82) is 0 Å². The van der Waals surface area contributed by atoms with E-state index in [0.717, 1.165) is 12.8 Å². The molecule has 29 heavy (non-hydrogen) atoms. The van der Waals surface area contributed by atoms with Gasteiger partial charge in [0.2, 0.25) is 0 Å². The summed E-state index contributed by atoms with van der Waals surface area (Å²) in [4.78, 5) is 35.2. The molecule has 0 rings (SSSR count). The Bertz CT molecular complexity index is 476. The summed E-state index contributed by atoms with van der Waals surface area (Å²) >= 11 is 0. The SMILES string of the molecule is CCCC/C([O-])=C/N(CCC(=O)O)CCN(CCC(=O)[O-])CCC(=O)[O-].[K+].[K+].[K+]. The Morgan fingerprint density at radius 2 is 1.31 bits per heavy atom. The third-order valence-corrected chi connectivity index (χ3v) is 3.68. The molecule has 0 spiro atoms. The molecule has 0 aliphatic rings. The molecule has 9 nitrogen and oxygen atoms in total. The number of rotatable bonds is 16. The van der Waals surface area contributed by atoms with Gasteiger partial charge in [0, 0.05) is 44.7 Å². The number of nitrogens with zero attached hydrogens (tertiary/aromatic N) is 2. The molecule has 0 unspecified atom stereocenters. The Morgan fingerprint density at radius 1 is 0.793 bits per heavy atom. The van der Waals surface area contributed by atoms with Gasteiger partial charge >= 0.3 is 160 Å². The monoisotopic (exact) mass is 488 g/mol. The molecule has 150 valence electrons. The first-order chi connectivity index (χ1) is 12.2. The summed E-state index contributed by atoms with van der Waals surface area (Å²) < 4.78 is 0. The summed E-state index contributed by atoms with van der Waals surface area (Å²) in [5.41, 5.74) is 0. The second-order valence-corrected chi connectivity index (χ2v) is 5.96. The van der Waals surface area contributed by atoms with E-state index >= 15 is 0 Å². The molecule has 0 bridgehead atoms. The molecule has 12 heteroatoms. The Labute approximate surface area is 300 Å². The van der Waals surface area contributed by atoms with Crippen LogP contribution in [0.5, 0.6) is 0 Å². The quantitative estimate of drug-likeness (QED) is 0.165. The minimum Gasteiger partial charge on any atom is -0.874 e. The van der Waals surface area contributed by atoms with Gasteiger partial charge < -0.3 is 39.8 Å². The summed E-state index contributed by atoms with van der Waals surface area (Å²) in [6.07, 6.45) is 2.73. The summed E-state index contributed by atoms with van der Waals surface area (Å²) in [6.45, 7) is 2.88. The van der Waals surface area contributed by atoms with E-state index in [2.05, 4.69) is 0 Å². The molecule has 0 heterocycles. The largest absolute Gasteiger partial charge is 1.00 e. The van der Waals surface area contributed by atoms with E-state index in [4.69, 9.17) is 5.11 Å². The number of aliphatic carboxylic acids is 3. The number of carboxylic acid groups (broad SMARTS) is 3. The molecular weight excluding hydrogens is 461 g/mol. The minimum atomic E-state index is -1.24. The molecule has 1 N–H and O–H groups in total. The number of carbonyl (C=O) groups is 3. The van der Waals surface area contributed by atoms with Gasteiger partial charge in [-0.25, -0.2) is 0 Å². The number of carboxylic acids is 3. The molecule has 0 amide bonds. The Hall–Kier alpha value is 2.62. The molecule has 0 aromatic heterocycles. The fourth-order valence-electron chi connectivity index (χ4n) is 2.20. The Balaban J connectivity index is -0.00000104. The zero-order valence-corrected chi connectivity index (χ0v) is 27.5. The third-order valence-electron chi connectivity index (χ3n) is 3.68. The molecule has 0 aliphatic carbocycles. The fourth-order valence-corrected chi connectivity index (χ4v) is 2.20. The van der Waals surface area contributed by atoms with Gasteiger partial charge in [0.15, 0.2) is 0 Å². The van der Waals surface area contributed by atoms with Crippen LogP contribution in [0.25, 0.3) is 0 Å². The maximum absolute atomic E-state index is 11.9. The Morgan fingerprint density at radius 3 is 1.72 bits per heavy atom. The van der Waals surface area contributed by atoms with E-state index in [1.165, 1.54) is 6.20 Å². The average Bonchev–Trinajstić information content (AvgIpc) is 2.56. The zero-order valence-electron chi connectivity index (χ0n) is 18.1. The van der Waals surface area contributed by atoms with Crippen LogP contribution in [0.2, 0.25) is 0 Å². The van der Waals surface area contributed by atoms with Crippen LogP contribution in [-0.4, -0.2) is 65.5 Å². The van der Waals surface area contributed by atoms with Crippen LogP contribution in [0.1, 0.15) is 45.4 Å². The van der Waals surface area contributed by atoms with E-state index in [0.29, 0.717) is 6.42 Å². The third kappa shape index (κ3) is 26.7. The van der Waals surface area contributed by atoms with Crippen LogP contribution >= 0.6 is 0 Å². The van der Waals surface area contributed by atoms with Crippen molar-refractivity contribution < 1.29 is 189 Å². The van der Waals surface area contributed by atoms with Crippen LogP contribution in [-0.2, 0) is 14.4 Å². The molecule has 0 saturated carbocycles. The molecule has 0 aliphatic heterocycles. The van der Waals surface area contributed by atoms with E-state index < -0.39 is 17.9 Å². The number of unbranched alkanes of at least 4 members (excludes halogenated alkanes) is 1. The standard InChI is InChI=1S/C17H30N2O7.3K/c1-2-3-4-14(20)13-19(10-7-17(25)26)12-11-18(8-5-15(21)22)9-6-16(23)24;;;/h13,20H,2-12H2,1H3,(H,21,22)(H,23,24)(H,25,26);;;/q;3*+1/p-3/b14-13-;;;. The minimum absolute atomic E-state index is 0. The number of hydrogen-bond donors (Lipinski definition) is 1. The van der Waals surface area contributed by atoms with Gasteiger partial charge in [0.1, 0.15) is 0 Å². The van der Waals surface area contributed by atoms with Crippen LogP contribution < -0.4 is 169 Å². The summed E-state index contributed by atoms with van der Waals surface area (Å²) in [5.74, 6) is -3.58. The predicted molar refractivity (Wildman–Crippen MR) is 87.1 cm³/mol. The van der Waals surface area contributed by atoms with E-state index in [1.807, 2.05) is 6.92 Å². The van der Waals surface area contributed by atoms with Crippen molar-refractivity contribution in [2.75, 3.05) is 32.7 Å². The summed E-state index contributed by atoms with van der Waals surface area (Å²) in [7, 11) is 0. The smallest absolute Gasteiger partial charge is 0.874 e. The van der Waals surface area contributed by atoms with E-state index in [9.17, 15) is 29.7 Å². The van der Waals surface area contributed by atoms with Crippen LogP contribution in [0.4, 0.5) is 0 Å². The average molecular weight is 489 g/mol. The van der Waals surface area contributed by atoms with Crippen LogP contribution in [0, 0.1) is 0 Å². The molecule has 0 radical (unpaired) electrons. The normalized spacial score (nSPS) is 10.3. The number of carbonyl (C=O) groups excluding carboxylic acids is 2. The molecule has 0 fully saturated rings. The topological polar surface area (TPSA) is 147 Å². The second kappa shape index (κ2) is 25.2. The van der Waals surface area contributed by atoms with Crippen molar-refractivity contribution >= 4 is 17.9 Å². The summed E-state index contributed by atoms with van der Waals surface area (Å²) in [5, 5.41) is 41.9. The molecule has 0 aromatic rings. The van der Waals surface area contributed by atoms with E-state index in [-0.39, 0.29) is 212 Å². The van der Waals surface area contributed by atoms with Gasteiger partial charge in [-0.2, -0.15) is 0 Å². The van der Waals surface area contributed by atoms with Gasteiger partial charge in [-0.3, -0.25) is 4.79 Å². The maximum atomic E-state index is 11.9. The fraction of sp³-hybridized carbons (Fsp3) is 0.706. The predicted octanol–water partition coefficient (Wildman–Crippen LogP) is -11.3. The molecule has 0 saturated heterocycles. The first kappa shape index (κ1) is 38.9. The molecule has 0 aromatic carbocycles.